The van der Waals surface area contributed by atoms with Gasteiger partial charge in [0.15, 0.2) is 6.10 Å². The molecule has 0 saturated heterocycles. The molecule has 1 N–H and O–H groups in total. The smallest absolute Gasteiger partial charge is 0.344 e. The summed E-state index contributed by atoms with van der Waals surface area (Å²) >= 11 is 0. The number of aryl methyl sites for hydroxylation is 1. The fourth-order valence-electron chi connectivity index (χ4n) is 2.14. The van der Waals surface area contributed by atoms with E-state index in [0.29, 0.717) is 25.4 Å². The molecule has 0 aliphatic rings. The predicted molar refractivity (Wildman–Crippen MR) is 88.8 cm³/mol. The first-order chi connectivity index (χ1) is 11.1. The van der Waals surface area contributed by atoms with Crippen LogP contribution >= 0.6 is 0 Å². The van der Waals surface area contributed by atoms with Gasteiger partial charge in [0.25, 0.3) is 0 Å². The van der Waals surface area contributed by atoms with Crippen LogP contribution in [0.3, 0.4) is 0 Å². The van der Waals surface area contributed by atoms with E-state index in [2.05, 4.69) is 0 Å². The molecule has 2 rings (SSSR count). The molecule has 23 heavy (non-hydrogen) atoms. The second kappa shape index (κ2) is 8.96. The highest BCUT2D eigenvalue weighted by Gasteiger charge is 2.19. The highest BCUT2D eigenvalue weighted by atomic mass is 16.5. The molecule has 0 radical (unpaired) electrons. The van der Waals surface area contributed by atoms with Crippen LogP contribution < -0.4 is 4.74 Å². The summed E-state index contributed by atoms with van der Waals surface area (Å²) in [6, 6.07) is 17.4. The zero-order chi connectivity index (χ0) is 16.5. The van der Waals surface area contributed by atoms with Crippen molar-refractivity contribution >= 4 is 5.97 Å². The third kappa shape index (κ3) is 6.12. The van der Waals surface area contributed by atoms with E-state index in [-0.39, 0.29) is 0 Å². The van der Waals surface area contributed by atoms with Gasteiger partial charge in [-0.15, -0.1) is 0 Å². The molecule has 0 heterocycles. The summed E-state index contributed by atoms with van der Waals surface area (Å²) in [7, 11) is 0. The average molecular weight is 314 g/mol. The van der Waals surface area contributed by atoms with Crippen molar-refractivity contribution in [2.24, 2.45) is 0 Å². The molecule has 2 aromatic rings. The number of carboxylic acid groups (broad SMARTS) is 1. The van der Waals surface area contributed by atoms with Gasteiger partial charge < -0.3 is 14.6 Å². The van der Waals surface area contributed by atoms with Crippen LogP contribution in [0.25, 0.3) is 0 Å². The highest BCUT2D eigenvalue weighted by Crippen LogP contribution is 2.15. The summed E-state index contributed by atoms with van der Waals surface area (Å²) in [5.74, 6) is -0.412. The Bertz CT molecular complexity index is 593. The quantitative estimate of drug-likeness (QED) is 0.720. The first-order valence-electron chi connectivity index (χ1n) is 7.73. The van der Waals surface area contributed by atoms with Crippen molar-refractivity contribution in [3.63, 3.8) is 0 Å². The van der Waals surface area contributed by atoms with Crippen molar-refractivity contribution in [1.82, 2.24) is 0 Å². The van der Waals surface area contributed by atoms with Crippen molar-refractivity contribution in [3.05, 3.63) is 65.7 Å². The van der Waals surface area contributed by atoms with E-state index in [9.17, 15) is 9.90 Å². The minimum Gasteiger partial charge on any atom is -0.479 e. The summed E-state index contributed by atoms with van der Waals surface area (Å²) in [5, 5.41) is 9.24. The maximum absolute atomic E-state index is 11.3. The zero-order valence-corrected chi connectivity index (χ0v) is 13.3. The Balaban J connectivity index is 1.72. The first kappa shape index (κ1) is 17.0. The fraction of sp³-hybridized carbons (Fsp3) is 0.316. The Hall–Kier alpha value is -2.33. The molecule has 1 unspecified atom stereocenters. The van der Waals surface area contributed by atoms with Crippen molar-refractivity contribution < 1.29 is 19.4 Å². The summed E-state index contributed by atoms with van der Waals surface area (Å²) < 4.78 is 11.0. The molecule has 4 heteroatoms. The Morgan fingerprint density at radius 2 is 1.74 bits per heavy atom. The normalized spacial score (nSPS) is 11.9. The van der Waals surface area contributed by atoms with E-state index in [1.54, 1.807) is 12.1 Å². The van der Waals surface area contributed by atoms with Crippen LogP contribution in [0.5, 0.6) is 5.75 Å². The lowest BCUT2D eigenvalue weighted by molar-refractivity contribution is -0.146. The van der Waals surface area contributed by atoms with Gasteiger partial charge in [-0.05, 0) is 31.0 Å². The molecule has 0 aliphatic heterocycles. The van der Waals surface area contributed by atoms with E-state index < -0.39 is 12.1 Å². The zero-order valence-electron chi connectivity index (χ0n) is 13.3. The lowest BCUT2D eigenvalue weighted by Crippen LogP contribution is -2.28. The van der Waals surface area contributed by atoms with Crippen LogP contribution in [0.4, 0.5) is 0 Å². The van der Waals surface area contributed by atoms with E-state index in [0.717, 1.165) is 12.0 Å². The Morgan fingerprint density at radius 3 is 2.39 bits per heavy atom. The molecule has 1 atom stereocenters. The van der Waals surface area contributed by atoms with Gasteiger partial charge in [0.05, 0.1) is 13.2 Å². The van der Waals surface area contributed by atoms with E-state index in [1.165, 1.54) is 5.56 Å². The summed E-state index contributed by atoms with van der Waals surface area (Å²) in [6.07, 6.45) is 0.240. The Kier molecular flexibility index (Phi) is 6.63. The van der Waals surface area contributed by atoms with Crippen LogP contribution in [0.2, 0.25) is 0 Å². The average Bonchev–Trinajstić information content (AvgIpc) is 2.56. The topological polar surface area (TPSA) is 55.8 Å². The molecule has 0 amide bonds. The van der Waals surface area contributed by atoms with Gasteiger partial charge in [0, 0.05) is 6.42 Å². The minimum atomic E-state index is -0.975. The minimum absolute atomic E-state index is 0.317. The van der Waals surface area contributed by atoms with Gasteiger partial charge in [0.2, 0.25) is 0 Å². The Labute approximate surface area is 136 Å². The molecular weight excluding hydrogens is 292 g/mol. The predicted octanol–water partition coefficient (Wildman–Crippen LogP) is 3.48. The molecule has 0 fully saturated rings. The van der Waals surface area contributed by atoms with Crippen LogP contribution in [0, 0.1) is 6.92 Å². The number of aliphatic carboxylic acids is 1. The van der Waals surface area contributed by atoms with E-state index in [4.69, 9.17) is 9.47 Å². The molecular formula is C19H22O4. The van der Waals surface area contributed by atoms with Crippen LogP contribution in [0.15, 0.2) is 54.6 Å². The maximum Gasteiger partial charge on any atom is 0.344 e. The second-order valence-corrected chi connectivity index (χ2v) is 5.39. The second-order valence-electron chi connectivity index (χ2n) is 5.39. The number of hydrogen-bond donors (Lipinski definition) is 1. The number of carboxylic acids is 1. The van der Waals surface area contributed by atoms with Crippen LogP contribution in [0.1, 0.15) is 17.5 Å². The molecule has 122 valence electrons. The standard InChI is InChI=1S/C19H22O4/c1-15-7-9-17(10-8-15)23-18(19(20)21)12-14-22-13-11-16-5-3-2-4-6-16/h2-10,18H,11-14H2,1H3,(H,20,21). The number of hydrogen-bond acceptors (Lipinski definition) is 3. The largest absolute Gasteiger partial charge is 0.479 e. The van der Waals surface area contributed by atoms with Crippen molar-refractivity contribution in [2.45, 2.75) is 25.9 Å². The first-order valence-corrected chi connectivity index (χ1v) is 7.73. The number of benzene rings is 2. The molecule has 2 aromatic carbocycles. The lowest BCUT2D eigenvalue weighted by atomic mass is 10.2. The lowest BCUT2D eigenvalue weighted by Gasteiger charge is -2.15. The van der Waals surface area contributed by atoms with Gasteiger partial charge >= 0.3 is 5.97 Å². The van der Waals surface area contributed by atoms with Crippen LogP contribution in [-0.4, -0.2) is 30.4 Å². The molecule has 0 bridgehead atoms. The number of carbonyl (C=O) groups is 1. The summed E-state index contributed by atoms with van der Waals surface area (Å²) in [4.78, 5) is 11.3. The maximum atomic E-state index is 11.3. The molecule has 0 aliphatic carbocycles. The third-order valence-corrected chi connectivity index (χ3v) is 3.48. The van der Waals surface area contributed by atoms with E-state index >= 15 is 0 Å². The van der Waals surface area contributed by atoms with Crippen molar-refractivity contribution in [2.75, 3.05) is 13.2 Å². The van der Waals surface area contributed by atoms with Gasteiger partial charge in [0.1, 0.15) is 5.75 Å². The van der Waals surface area contributed by atoms with Crippen LogP contribution in [-0.2, 0) is 16.0 Å². The summed E-state index contributed by atoms with van der Waals surface area (Å²) in [6.45, 7) is 2.90. The molecule has 0 aromatic heterocycles. The van der Waals surface area contributed by atoms with Crippen molar-refractivity contribution in [1.29, 1.82) is 0 Å². The molecule has 0 spiro atoms. The van der Waals surface area contributed by atoms with Gasteiger partial charge in [-0.1, -0.05) is 48.0 Å². The van der Waals surface area contributed by atoms with Gasteiger partial charge in [-0.25, -0.2) is 4.79 Å². The highest BCUT2D eigenvalue weighted by molar-refractivity contribution is 5.72. The molecule has 4 nitrogen and oxygen atoms in total. The van der Waals surface area contributed by atoms with Gasteiger partial charge in [-0.3, -0.25) is 0 Å². The van der Waals surface area contributed by atoms with Crippen molar-refractivity contribution in [3.8, 4) is 5.75 Å². The van der Waals surface area contributed by atoms with Gasteiger partial charge in [-0.2, -0.15) is 0 Å². The summed E-state index contributed by atoms with van der Waals surface area (Å²) in [5.41, 5.74) is 2.31. The monoisotopic (exact) mass is 314 g/mol. The fourth-order valence-corrected chi connectivity index (χ4v) is 2.14. The van der Waals surface area contributed by atoms with E-state index in [1.807, 2.05) is 49.4 Å². The third-order valence-electron chi connectivity index (χ3n) is 3.48. The number of ether oxygens (including phenoxy) is 2. The Morgan fingerprint density at radius 1 is 1.04 bits per heavy atom. The molecule has 0 saturated carbocycles. The SMILES string of the molecule is Cc1ccc(OC(CCOCCc2ccccc2)C(=O)O)cc1. The number of rotatable bonds is 9.